The molecule has 0 saturated heterocycles. The summed E-state index contributed by atoms with van der Waals surface area (Å²) < 4.78 is 37.9. The molecule has 1 aromatic heterocycles. The van der Waals surface area contributed by atoms with E-state index in [1.807, 2.05) is 24.3 Å². The third kappa shape index (κ3) is 4.95. The maximum absolute atomic E-state index is 12.6. The van der Waals surface area contributed by atoms with Crippen LogP contribution in [0.4, 0.5) is 0 Å². The number of methoxy groups -OCH3 is 1. The predicted molar refractivity (Wildman–Crippen MR) is 110 cm³/mol. The molecular weight excluding hydrogens is 414 g/mol. The third-order valence-corrected chi connectivity index (χ3v) is 5.96. The molecule has 1 N–H and O–H groups in total. The molecule has 0 amide bonds. The minimum absolute atomic E-state index is 0.0423. The summed E-state index contributed by atoms with van der Waals surface area (Å²) in [6.45, 7) is 6.24. The quantitative estimate of drug-likeness (QED) is 0.624. The number of hydrogen-bond donors (Lipinski definition) is 1. The van der Waals surface area contributed by atoms with Gasteiger partial charge in [0.2, 0.25) is 21.7 Å². The molecule has 0 unspecified atom stereocenters. The van der Waals surface area contributed by atoms with Gasteiger partial charge in [-0.05, 0) is 29.2 Å². The summed E-state index contributed by atoms with van der Waals surface area (Å²) >= 11 is 5.92. The van der Waals surface area contributed by atoms with E-state index in [9.17, 15) is 8.42 Å². The maximum Gasteiger partial charge on any atom is 0.244 e. The lowest BCUT2D eigenvalue weighted by Gasteiger charge is -2.18. The van der Waals surface area contributed by atoms with E-state index in [-0.39, 0.29) is 33.5 Å². The molecule has 0 fully saturated rings. The van der Waals surface area contributed by atoms with Crippen LogP contribution in [0.3, 0.4) is 0 Å². The number of nitrogens with zero attached hydrogens (tertiary/aromatic N) is 2. The smallest absolute Gasteiger partial charge is 0.244 e. The summed E-state index contributed by atoms with van der Waals surface area (Å²) in [4.78, 5) is 4.20. The van der Waals surface area contributed by atoms with Crippen LogP contribution in [0, 0.1) is 0 Å². The molecule has 3 aromatic rings. The molecule has 1 heterocycles. The SMILES string of the molecule is COc1ccc(Cl)cc1S(=O)(=O)NCc1nc(-c2ccc(C(C)(C)C)cc2)no1. The van der Waals surface area contributed by atoms with Gasteiger partial charge in [-0.1, -0.05) is 61.8 Å². The first-order chi connectivity index (χ1) is 13.6. The van der Waals surface area contributed by atoms with Gasteiger partial charge in [0, 0.05) is 10.6 Å². The standard InChI is InChI=1S/C20H22ClN3O4S/c1-20(2,3)14-7-5-13(6-8-14)19-23-18(28-24-19)12-22-29(25,26)17-11-15(21)9-10-16(17)27-4/h5-11,22H,12H2,1-4H3. The van der Waals surface area contributed by atoms with Crippen molar-refractivity contribution in [2.45, 2.75) is 37.6 Å². The van der Waals surface area contributed by atoms with E-state index in [1.165, 1.54) is 24.8 Å². The maximum atomic E-state index is 12.6. The van der Waals surface area contributed by atoms with Gasteiger partial charge in [-0.3, -0.25) is 0 Å². The highest BCUT2D eigenvalue weighted by Gasteiger charge is 2.21. The van der Waals surface area contributed by atoms with Crippen LogP contribution < -0.4 is 9.46 Å². The molecule has 0 radical (unpaired) electrons. The van der Waals surface area contributed by atoms with Gasteiger partial charge in [0.15, 0.2) is 0 Å². The summed E-state index contributed by atoms with van der Waals surface area (Å²) in [6.07, 6.45) is 0. The van der Waals surface area contributed by atoms with E-state index in [4.69, 9.17) is 20.9 Å². The molecule has 0 saturated carbocycles. The Morgan fingerprint density at radius 3 is 2.45 bits per heavy atom. The van der Waals surface area contributed by atoms with Crippen LogP contribution in [0.1, 0.15) is 32.2 Å². The van der Waals surface area contributed by atoms with Crippen molar-refractivity contribution in [1.82, 2.24) is 14.9 Å². The zero-order chi connectivity index (χ0) is 21.2. The highest BCUT2D eigenvalue weighted by atomic mass is 35.5. The molecule has 154 valence electrons. The van der Waals surface area contributed by atoms with Gasteiger partial charge in [0.25, 0.3) is 0 Å². The zero-order valence-corrected chi connectivity index (χ0v) is 18.1. The average molecular weight is 436 g/mol. The fourth-order valence-electron chi connectivity index (χ4n) is 2.66. The second-order valence-electron chi connectivity index (χ2n) is 7.46. The Morgan fingerprint density at radius 2 is 1.83 bits per heavy atom. The van der Waals surface area contributed by atoms with Crippen LogP contribution in [0.5, 0.6) is 5.75 Å². The summed E-state index contributed by atoms with van der Waals surface area (Å²) in [7, 11) is -2.50. The van der Waals surface area contributed by atoms with Crippen molar-refractivity contribution < 1.29 is 17.7 Å². The van der Waals surface area contributed by atoms with Crippen molar-refractivity contribution in [2.75, 3.05) is 7.11 Å². The lowest BCUT2D eigenvalue weighted by molar-refractivity contribution is 0.375. The first-order valence-electron chi connectivity index (χ1n) is 8.87. The van der Waals surface area contributed by atoms with Crippen molar-refractivity contribution in [2.24, 2.45) is 0 Å². The van der Waals surface area contributed by atoms with E-state index >= 15 is 0 Å². The Labute approximate surface area is 175 Å². The fraction of sp³-hybridized carbons (Fsp3) is 0.300. The summed E-state index contributed by atoms with van der Waals surface area (Å²) in [5.41, 5.74) is 2.02. The first-order valence-corrected chi connectivity index (χ1v) is 10.7. The van der Waals surface area contributed by atoms with Crippen molar-refractivity contribution >= 4 is 21.6 Å². The summed E-state index contributed by atoms with van der Waals surface area (Å²) in [5.74, 6) is 0.719. The summed E-state index contributed by atoms with van der Waals surface area (Å²) in [5, 5.41) is 4.22. The van der Waals surface area contributed by atoms with Gasteiger partial charge < -0.3 is 9.26 Å². The highest BCUT2D eigenvalue weighted by molar-refractivity contribution is 7.89. The average Bonchev–Trinajstić information content (AvgIpc) is 3.15. The van der Waals surface area contributed by atoms with Crippen LogP contribution in [-0.4, -0.2) is 25.7 Å². The monoisotopic (exact) mass is 435 g/mol. The molecule has 9 heteroatoms. The van der Waals surface area contributed by atoms with Gasteiger partial charge in [0.05, 0.1) is 13.7 Å². The van der Waals surface area contributed by atoms with Crippen LogP contribution in [0.25, 0.3) is 11.4 Å². The Hall–Kier alpha value is -2.42. The zero-order valence-electron chi connectivity index (χ0n) is 16.6. The predicted octanol–water partition coefficient (Wildman–Crippen LogP) is 4.17. The number of sulfonamides is 1. The normalized spacial score (nSPS) is 12.2. The van der Waals surface area contributed by atoms with Crippen LogP contribution in [0.2, 0.25) is 5.02 Å². The number of ether oxygens (including phenoxy) is 1. The van der Waals surface area contributed by atoms with Crippen molar-refractivity contribution in [3.63, 3.8) is 0 Å². The highest BCUT2D eigenvalue weighted by Crippen LogP contribution is 2.27. The molecule has 2 aromatic carbocycles. The Bertz CT molecular complexity index is 1100. The van der Waals surface area contributed by atoms with E-state index in [2.05, 4.69) is 35.6 Å². The minimum Gasteiger partial charge on any atom is -0.495 e. The van der Waals surface area contributed by atoms with E-state index in [1.54, 1.807) is 6.07 Å². The van der Waals surface area contributed by atoms with E-state index in [0.29, 0.717) is 5.82 Å². The van der Waals surface area contributed by atoms with Gasteiger partial charge in [-0.2, -0.15) is 4.98 Å². The Kier molecular flexibility index (Phi) is 5.97. The second kappa shape index (κ2) is 8.14. The van der Waals surface area contributed by atoms with Gasteiger partial charge >= 0.3 is 0 Å². The van der Waals surface area contributed by atoms with Crippen LogP contribution in [0.15, 0.2) is 51.9 Å². The number of nitrogens with one attached hydrogen (secondary N) is 1. The third-order valence-electron chi connectivity index (χ3n) is 4.31. The number of rotatable bonds is 6. The molecular formula is C20H22ClN3O4S. The second-order valence-corrected chi connectivity index (χ2v) is 9.63. The lowest BCUT2D eigenvalue weighted by atomic mass is 9.87. The van der Waals surface area contributed by atoms with Crippen LogP contribution >= 0.6 is 11.6 Å². The molecule has 0 bridgehead atoms. The van der Waals surface area contributed by atoms with Crippen molar-refractivity contribution in [3.8, 4) is 17.1 Å². The molecule has 0 aliphatic rings. The van der Waals surface area contributed by atoms with Gasteiger partial charge in [-0.15, -0.1) is 0 Å². The topological polar surface area (TPSA) is 94.3 Å². The van der Waals surface area contributed by atoms with Gasteiger partial charge in [-0.25, -0.2) is 13.1 Å². The van der Waals surface area contributed by atoms with E-state index < -0.39 is 10.0 Å². The minimum atomic E-state index is -3.89. The van der Waals surface area contributed by atoms with Crippen molar-refractivity contribution in [3.05, 3.63) is 58.9 Å². The molecule has 0 aliphatic heterocycles. The largest absolute Gasteiger partial charge is 0.495 e. The molecule has 3 rings (SSSR count). The molecule has 0 atom stereocenters. The fourth-order valence-corrected chi connectivity index (χ4v) is 4.06. The van der Waals surface area contributed by atoms with Crippen molar-refractivity contribution in [1.29, 1.82) is 0 Å². The number of aromatic nitrogens is 2. The first kappa shape index (κ1) is 21.3. The Morgan fingerprint density at radius 1 is 1.14 bits per heavy atom. The molecule has 29 heavy (non-hydrogen) atoms. The number of halogens is 1. The summed E-state index contributed by atoms with van der Waals surface area (Å²) in [6, 6.07) is 12.2. The molecule has 0 aliphatic carbocycles. The van der Waals surface area contributed by atoms with E-state index in [0.717, 1.165) is 5.56 Å². The van der Waals surface area contributed by atoms with Gasteiger partial charge in [0.1, 0.15) is 10.6 Å². The molecule has 7 nitrogen and oxygen atoms in total. The number of benzene rings is 2. The Balaban J connectivity index is 1.75. The lowest BCUT2D eigenvalue weighted by Crippen LogP contribution is -2.24. The number of hydrogen-bond acceptors (Lipinski definition) is 6. The van der Waals surface area contributed by atoms with Crippen LogP contribution in [-0.2, 0) is 22.0 Å². The molecule has 0 spiro atoms.